The number of carbonyl (C=O) groups is 1. The van der Waals surface area contributed by atoms with Crippen molar-refractivity contribution in [1.82, 2.24) is 4.90 Å². The fourth-order valence-corrected chi connectivity index (χ4v) is 0.955. The molecule has 0 saturated carbocycles. The summed E-state index contributed by atoms with van der Waals surface area (Å²) < 4.78 is 0. The Bertz CT molecular complexity index is 177. The van der Waals surface area contributed by atoms with Crippen LogP contribution in [0.2, 0.25) is 0 Å². The second kappa shape index (κ2) is 4.93. The molecule has 0 fully saturated rings. The molecule has 0 radical (unpaired) electrons. The van der Waals surface area contributed by atoms with E-state index in [-0.39, 0.29) is 5.91 Å². The van der Waals surface area contributed by atoms with Crippen molar-refractivity contribution in [3.63, 3.8) is 0 Å². The molecule has 3 nitrogen and oxygen atoms in total. The summed E-state index contributed by atoms with van der Waals surface area (Å²) in [7, 11) is 0. The lowest BCUT2D eigenvalue weighted by Crippen LogP contribution is -2.39. The molecule has 3 heteroatoms. The molecule has 70 valence electrons. The summed E-state index contributed by atoms with van der Waals surface area (Å²) in [5, 5.41) is 9.40. The number of aliphatic hydroxyl groups excluding tert-OH is 1. The second-order valence-electron chi connectivity index (χ2n) is 2.76. The third-order valence-electron chi connectivity index (χ3n) is 1.69. The molecule has 1 amide bonds. The standard InChI is InChI=1S/C9H17NO2/c1-5-8(11)10(6-2)9(12)7(3)4/h8,11H,3,5-6H2,1-2,4H3. The highest BCUT2D eigenvalue weighted by Crippen LogP contribution is 2.05. The van der Waals surface area contributed by atoms with Gasteiger partial charge in [-0.3, -0.25) is 4.79 Å². The van der Waals surface area contributed by atoms with Crippen molar-refractivity contribution in [2.24, 2.45) is 0 Å². The third-order valence-corrected chi connectivity index (χ3v) is 1.69. The molecule has 0 bridgehead atoms. The minimum absolute atomic E-state index is 0.174. The molecule has 0 heterocycles. The Morgan fingerprint density at radius 3 is 2.33 bits per heavy atom. The van der Waals surface area contributed by atoms with E-state index in [1.165, 1.54) is 4.90 Å². The summed E-state index contributed by atoms with van der Waals surface area (Å²) in [6.07, 6.45) is -0.133. The lowest BCUT2D eigenvalue weighted by molar-refractivity contribution is -0.136. The third kappa shape index (κ3) is 2.66. The highest BCUT2D eigenvalue weighted by atomic mass is 16.3. The summed E-state index contributed by atoms with van der Waals surface area (Å²) in [4.78, 5) is 12.7. The Morgan fingerprint density at radius 2 is 2.08 bits per heavy atom. The number of hydrogen-bond donors (Lipinski definition) is 1. The van der Waals surface area contributed by atoms with Gasteiger partial charge in [0.2, 0.25) is 0 Å². The van der Waals surface area contributed by atoms with E-state index in [4.69, 9.17) is 0 Å². The fraction of sp³-hybridized carbons (Fsp3) is 0.667. The predicted octanol–water partition coefficient (Wildman–Crippen LogP) is 1.14. The van der Waals surface area contributed by atoms with Gasteiger partial charge in [-0.25, -0.2) is 0 Å². The van der Waals surface area contributed by atoms with Crippen molar-refractivity contribution in [3.8, 4) is 0 Å². The van der Waals surface area contributed by atoms with Crippen LogP contribution in [0.15, 0.2) is 12.2 Å². The van der Waals surface area contributed by atoms with Crippen LogP contribution < -0.4 is 0 Å². The Hall–Kier alpha value is -0.830. The van der Waals surface area contributed by atoms with Crippen molar-refractivity contribution in [3.05, 3.63) is 12.2 Å². The number of hydrogen-bond acceptors (Lipinski definition) is 2. The summed E-state index contributed by atoms with van der Waals surface area (Å²) in [5.41, 5.74) is 0.462. The molecule has 1 atom stereocenters. The van der Waals surface area contributed by atoms with Crippen LogP contribution >= 0.6 is 0 Å². The fourth-order valence-electron chi connectivity index (χ4n) is 0.955. The maximum atomic E-state index is 11.3. The monoisotopic (exact) mass is 171 g/mol. The van der Waals surface area contributed by atoms with E-state index in [2.05, 4.69) is 6.58 Å². The van der Waals surface area contributed by atoms with Gasteiger partial charge in [-0.15, -0.1) is 0 Å². The van der Waals surface area contributed by atoms with E-state index in [1.807, 2.05) is 13.8 Å². The molecule has 0 aliphatic rings. The van der Waals surface area contributed by atoms with E-state index in [9.17, 15) is 9.90 Å². The summed E-state index contributed by atoms with van der Waals surface area (Å²) in [6, 6.07) is 0. The molecule has 0 aromatic heterocycles. The van der Waals surface area contributed by atoms with Crippen LogP contribution in [-0.2, 0) is 4.79 Å². The summed E-state index contributed by atoms with van der Waals surface area (Å²) in [6.45, 7) is 9.36. The van der Waals surface area contributed by atoms with Gasteiger partial charge in [0.15, 0.2) is 0 Å². The minimum Gasteiger partial charge on any atom is -0.374 e. The molecule has 0 aliphatic heterocycles. The van der Waals surface area contributed by atoms with Crippen molar-refractivity contribution in [2.75, 3.05) is 6.54 Å². The van der Waals surface area contributed by atoms with Gasteiger partial charge in [0, 0.05) is 12.1 Å². The summed E-state index contributed by atoms with van der Waals surface area (Å²) in [5.74, 6) is -0.174. The Morgan fingerprint density at radius 1 is 1.58 bits per heavy atom. The molecular formula is C9H17NO2. The molecule has 0 spiro atoms. The number of likely N-dealkylation sites (N-methyl/N-ethyl adjacent to an activating group) is 1. The SMILES string of the molecule is C=C(C)C(=O)N(CC)C(O)CC. The number of aliphatic hydroxyl groups is 1. The Balaban J connectivity index is 4.34. The second-order valence-corrected chi connectivity index (χ2v) is 2.76. The van der Waals surface area contributed by atoms with Crippen LogP contribution in [0.3, 0.4) is 0 Å². The molecule has 0 rings (SSSR count). The van der Waals surface area contributed by atoms with Gasteiger partial charge in [-0.1, -0.05) is 13.5 Å². The number of carbonyl (C=O) groups excluding carboxylic acids is 1. The quantitative estimate of drug-likeness (QED) is 0.509. The zero-order chi connectivity index (χ0) is 9.72. The topological polar surface area (TPSA) is 40.5 Å². The maximum absolute atomic E-state index is 11.3. The van der Waals surface area contributed by atoms with Gasteiger partial charge in [-0.2, -0.15) is 0 Å². The van der Waals surface area contributed by atoms with Gasteiger partial charge in [0.1, 0.15) is 6.23 Å². The lowest BCUT2D eigenvalue weighted by Gasteiger charge is -2.25. The zero-order valence-electron chi connectivity index (χ0n) is 8.00. The zero-order valence-corrected chi connectivity index (χ0v) is 8.00. The van der Waals surface area contributed by atoms with Crippen LogP contribution in [0, 0.1) is 0 Å². The van der Waals surface area contributed by atoms with Gasteiger partial charge >= 0.3 is 0 Å². The first-order valence-electron chi connectivity index (χ1n) is 4.19. The number of rotatable bonds is 4. The highest BCUT2D eigenvalue weighted by molar-refractivity contribution is 5.92. The molecular weight excluding hydrogens is 154 g/mol. The highest BCUT2D eigenvalue weighted by Gasteiger charge is 2.18. The number of nitrogens with zero attached hydrogens (tertiary/aromatic N) is 1. The van der Waals surface area contributed by atoms with Crippen LogP contribution in [0.25, 0.3) is 0 Å². The largest absolute Gasteiger partial charge is 0.374 e. The van der Waals surface area contributed by atoms with Crippen LogP contribution in [0.4, 0.5) is 0 Å². The molecule has 0 aromatic carbocycles. The van der Waals surface area contributed by atoms with E-state index in [0.29, 0.717) is 18.5 Å². The molecule has 12 heavy (non-hydrogen) atoms. The molecule has 0 aliphatic carbocycles. The maximum Gasteiger partial charge on any atom is 0.250 e. The van der Waals surface area contributed by atoms with E-state index >= 15 is 0 Å². The van der Waals surface area contributed by atoms with E-state index < -0.39 is 6.23 Å². The van der Waals surface area contributed by atoms with Gasteiger partial charge < -0.3 is 10.0 Å². The van der Waals surface area contributed by atoms with Crippen molar-refractivity contribution in [1.29, 1.82) is 0 Å². The Labute approximate surface area is 73.7 Å². The average Bonchev–Trinajstić information content (AvgIpc) is 2.05. The van der Waals surface area contributed by atoms with Crippen molar-refractivity contribution in [2.45, 2.75) is 33.4 Å². The van der Waals surface area contributed by atoms with Crippen LogP contribution in [-0.4, -0.2) is 28.7 Å². The van der Waals surface area contributed by atoms with Crippen molar-refractivity contribution >= 4 is 5.91 Å². The van der Waals surface area contributed by atoms with Crippen molar-refractivity contribution < 1.29 is 9.90 Å². The molecule has 1 N–H and O–H groups in total. The average molecular weight is 171 g/mol. The van der Waals surface area contributed by atoms with Crippen LogP contribution in [0.5, 0.6) is 0 Å². The lowest BCUT2D eigenvalue weighted by atomic mass is 10.2. The van der Waals surface area contributed by atoms with E-state index in [0.717, 1.165) is 0 Å². The summed E-state index contributed by atoms with van der Waals surface area (Å²) >= 11 is 0. The smallest absolute Gasteiger partial charge is 0.250 e. The molecule has 0 saturated heterocycles. The first kappa shape index (κ1) is 11.2. The minimum atomic E-state index is -0.681. The Kier molecular flexibility index (Phi) is 4.59. The number of amides is 1. The van der Waals surface area contributed by atoms with Gasteiger partial charge in [0.05, 0.1) is 0 Å². The van der Waals surface area contributed by atoms with Gasteiger partial charge in [-0.05, 0) is 20.3 Å². The molecule has 0 aromatic rings. The first-order chi connectivity index (χ1) is 5.54. The van der Waals surface area contributed by atoms with E-state index in [1.54, 1.807) is 6.92 Å². The predicted molar refractivity (Wildman–Crippen MR) is 48.5 cm³/mol. The first-order valence-corrected chi connectivity index (χ1v) is 4.19. The molecule has 1 unspecified atom stereocenters. The van der Waals surface area contributed by atoms with Crippen LogP contribution in [0.1, 0.15) is 27.2 Å². The normalized spacial score (nSPS) is 12.3. The van der Waals surface area contributed by atoms with Gasteiger partial charge in [0.25, 0.3) is 5.91 Å².